The molecule has 0 aliphatic heterocycles. The highest BCUT2D eigenvalue weighted by molar-refractivity contribution is 7.15. The van der Waals surface area contributed by atoms with Gasteiger partial charge in [0.25, 0.3) is 5.56 Å². The van der Waals surface area contributed by atoms with Crippen LogP contribution in [0.3, 0.4) is 0 Å². The minimum absolute atomic E-state index is 0.285. The molecule has 0 fully saturated rings. The molecule has 0 amide bonds. The maximum Gasteiger partial charge on any atom is 0.291 e. The Kier molecular flexibility index (Phi) is 5.55. The lowest BCUT2D eigenvalue weighted by Gasteiger charge is -2.12. The van der Waals surface area contributed by atoms with Gasteiger partial charge in [-0.3, -0.25) is 4.79 Å². The number of rotatable bonds is 5. The van der Waals surface area contributed by atoms with Gasteiger partial charge >= 0.3 is 0 Å². The van der Waals surface area contributed by atoms with Crippen LogP contribution in [0.15, 0.2) is 35.1 Å². The summed E-state index contributed by atoms with van der Waals surface area (Å²) < 4.78 is 17.8. The number of aromatic nitrogens is 3. The van der Waals surface area contributed by atoms with E-state index in [4.69, 9.17) is 37.4 Å². The first-order chi connectivity index (χ1) is 14.4. The normalized spacial score (nSPS) is 11.8. The van der Waals surface area contributed by atoms with Gasteiger partial charge in [-0.1, -0.05) is 40.6 Å². The number of ether oxygens (including phenoxy) is 3. The molecular weight excluding hydrogens is 449 g/mol. The average molecular weight is 464 g/mol. The van der Waals surface area contributed by atoms with Crippen LogP contribution >= 0.6 is 34.5 Å². The molecule has 2 aromatic heterocycles. The van der Waals surface area contributed by atoms with Gasteiger partial charge in [-0.25, -0.2) is 0 Å². The van der Waals surface area contributed by atoms with E-state index in [0.29, 0.717) is 53.7 Å². The highest BCUT2D eigenvalue weighted by Gasteiger charge is 2.18. The molecule has 4 aromatic rings. The van der Waals surface area contributed by atoms with Crippen molar-refractivity contribution >= 4 is 45.6 Å². The van der Waals surface area contributed by atoms with E-state index in [-0.39, 0.29) is 5.56 Å². The van der Waals surface area contributed by atoms with Crippen LogP contribution in [0.5, 0.6) is 17.2 Å². The Hall–Kier alpha value is -2.81. The monoisotopic (exact) mass is 463 g/mol. The van der Waals surface area contributed by atoms with Gasteiger partial charge in [-0.15, -0.1) is 5.10 Å². The van der Waals surface area contributed by atoms with E-state index in [1.165, 1.54) is 37.2 Å². The molecule has 2 aromatic carbocycles. The van der Waals surface area contributed by atoms with Crippen molar-refractivity contribution in [1.82, 2.24) is 14.6 Å². The van der Waals surface area contributed by atoms with Crippen LogP contribution in [-0.4, -0.2) is 35.9 Å². The largest absolute Gasteiger partial charge is 0.493 e. The fraction of sp³-hybridized carbons (Fsp3) is 0.150. The van der Waals surface area contributed by atoms with Gasteiger partial charge in [-0.05, 0) is 35.9 Å². The van der Waals surface area contributed by atoms with E-state index in [9.17, 15) is 4.79 Å². The topological polar surface area (TPSA) is 75.0 Å². The van der Waals surface area contributed by atoms with Crippen LogP contribution < -0.4 is 24.3 Å². The second-order valence-corrected chi connectivity index (χ2v) is 7.98. The van der Waals surface area contributed by atoms with E-state index < -0.39 is 0 Å². The number of fused-ring (bicyclic) bond motifs is 1. The molecule has 2 heterocycles. The van der Waals surface area contributed by atoms with Gasteiger partial charge in [0.2, 0.25) is 10.7 Å². The number of hydrogen-bond acceptors (Lipinski definition) is 7. The molecule has 0 N–H and O–H groups in total. The second-order valence-electron chi connectivity index (χ2n) is 6.13. The minimum atomic E-state index is -0.285. The highest BCUT2D eigenvalue weighted by Crippen LogP contribution is 2.40. The average Bonchev–Trinajstić information content (AvgIpc) is 3.28. The van der Waals surface area contributed by atoms with Gasteiger partial charge in [0.1, 0.15) is 0 Å². The van der Waals surface area contributed by atoms with Crippen LogP contribution in [-0.2, 0) is 0 Å². The summed E-state index contributed by atoms with van der Waals surface area (Å²) in [4.78, 5) is 17.8. The van der Waals surface area contributed by atoms with Crippen LogP contribution in [0, 0.1) is 0 Å². The fourth-order valence-electron chi connectivity index (χ4n) is 2.93. The lowest BCUT2D eigenvalue weighted by molar-refractivity contribution is 0.324. The predicted molar refractivity (Wildman–Crippen MR) is 117 cm³/mol. The van der Waals surface area contributed by atoms with Crippen molar-refractivity contribution < 1.29 is 14.2 Å². The number of hydrogen-bond donors (Lipinski definition) is 0. The molecule has 154 valence electrons. The minimum Gasteiger partial charge on any atom is -0.493 e. The zero-order valence-electron chi connectivity index (χ0n) is 16.1. The molecule has 0 unspecified atom stereocenters. The molecule has 0 aliphatic rings. The summed E-state index contributed by atoms with van der Waals surface area (Å²) in [7, 11) is 4.58. The van der Waals surface area contributed by atoms with Crippen molar-refractivity contribution in [3.63, 3.8) is 0 Å². The number of methoxy groups -OCH3 is 3. The van der Waals surface area contributed by atoms with Crippen molar-refractivity contribution in [2.75, 3.05) is 21.3 Å². The Morgan fingerprint density at radius 3 is 2.30 bits per heavy atom. The summed E-state index contributed by atoms with van der Waals surface area (Å²) in [6.45, 7) is 0. The van der Waals surface area contributed by atoms with Crippen molar-refractivity contribution in [2.45, 2.75) is 0 Å². The SMILES string of the molecule is COc1cc(-c2nc3s/c(=C\c4ccc(Cl)cc4Cl)c(=O)n3n2)cc(OC)c1OC. The summed E-state index contributed by atoms with van der Waals surface area (Å²) in [6.07, 6.45) is 1.70. The van der Waals surface area contributed by atoms with Crippen molar-refractivity contribution in [3.8, 4) is 28.6 Å². The molecule has 0 aliphatic carbocycles. The third-order valence-electron chi connectivity index (χ3n) is 4.35. The Labute approximate surface area is 185 Å². The lowest BCUT2D eigenvalue weighted by atomic mass is 10.1. The molecule has 10 heteroatoms. The molecule has 0 saturated carbocycles. The first-order valence-electron chi connectivity index (χ1n) is 8.62. The zero-order valence-corrected chi connectivity index (χ0v) is 18.4. The molecule has 0 bridgehead atoms. The van der Waals surface area contributed by atoms with Crippen molar-refractivity contribution in [1.29, 1.82) is 0 Å². The maximum absolute atomic E-state index is 12.8. The number of thiazole rings is 1. The van der Waals surface area contributed by atoms with E-state index >= 15 is 0 Å². The number of halogens is 2. The van der Waals surface area contributed by atoms with E-state index in [1.54, 1.807) is 36.4 Å². The molecule has 0 spiro atoms. The first kappa shape index (κ1) is 20.5. The zero-order chi connectivity index (χ0) is 21.4. The van der Waals surface area contributed by atoms with E-state index in [0.717, 1.165) is 0 Å². The third-order valence-corrected chi connectivity index (χ3v) is 5.88. The third kappa shape index (κ3) is 3.58. The Morgan fingerprint density at radius 1 is 1.03 bits per heavy atom. The Morgan fingerprint density at radius 2 is 1.73 bits per heavy atom. The fourth-order valence-corrected chi connectivity index (χ4v) is 4.29. The quantitative estimate of drug-likeness (QED) is 0.449. The molecule has 30 heavy (non-hydrogen) atoms. The summed E-state index contributed by atoms with van der Waals surface area (Å²) in [5.74, 6) is 1.78. The van der Waals surface area contributed by atoms with Crippen LogP contribution in [0.2, 0.25) is 10.0 Å². The first-order valence-corrected chi connectivity index (χ1v) is 10.2. The second kappa shape index (κ2) is 8.14. The smallest absolute Gasteiger partial charge is 0.291 e. The molecule has 0 saturated heterocycles. The highest BCUT2D eigenvalue weighted by atomic mass is 35.5. The van der Waals surface area contributed by atoms with Gasteiger partial charge in [0, 0.05) is 15.6 Å². The van der Waals surface area contributed by atoms with Gasteiger partial charge in [0.15, 0.2) is 17.3 Å². The number of benzene rings is 2. The summed E-state index contributed by atoms with van der Waals surface area (Å²) in [5.41, 5.74) is 1.03. The summed E-state index contributed by atoms with van der Waals surface area (Å²) in [6, 6.07) is 8.54. The molecule has 0 atom stereocenters. The lowest BCUT2D eigenvalue weighted by Crippen LogP contribution is -2.23. The molecule has 0 radical (unpaired) electrons. The number of nitrogens with zero attached hydrogens (tertiary/aromatic N) is 3. The van der Waals surface area contributed by atoms with Crippen LogP contribution in [0.25, 0.3) is 22.4 Å². The van der Waals surface area contributed by atoms with Crippen LogP contribution in [0.4, 0.5) is 0 Å². The predicted octanol–water partition coefficient (Wildman–Crippen LogP) is 3.70. The van der Waals surface area contributed by atoms with E-state index in [2.05, 4.69) is 10.1 Å². The van der Waals surface area contributed by atoms with Gasteiger partial charge in [-0.2, -0.15) is 9.50 Å². The summed E-state index contributed by atoms with van der Waals surface area (Å²) in [5, 5.41) is 5.35. The molecule has 4 rings (SSSR count). The standard InChI is InChI=1S/C20H15Cl2N3O4S/c1-27-14-6-11(7-15(28-2)17(14)29-3)18-23-20-25(24-18)19(26)16(30-20)8-10-4-5-12(21)9-13(10)22/h4-9H,1-3H3/b16-8-. The maximum atomic E-state index is 12.8. The van der Waals surface area contributed by atoms with Gasteiger partial charge < -0.3 is 14.2 Å². The Balaban J connectivity index is 1.81. The van der Waals surface area contributed by atoms with Gasteiger partial charge in [0.05, 0.1) is 25.9 Å². The van der Waals surface area contributed by atoms with Crippen molar-refractivity contribution in [2.24, 2.45) is 0 Å². The van der Waals surface area contributed by atoms with E-state index in [1.807, 2.05) is 0 Å². The Bertz CT molecular complexity index is 1340. The van der Waals surface area contributed by atoms with Crippen molar-refractivity contribution in [3.05, 3.63) is 60.8 Å². The molecule has 7 nitrogen and oxygen atoms in total. The van der Waals surface area contributed by atoms with Crippen LogP contribution in [0.1, 0.15) is 5.56 Å². The summed E-state index contributed by atoms with van der Waals surface area (Å²) >= 11 is 13.4. The molecular formula is C20H15Cl2N3O4S.